The Morgan fingerprint density at radius 3 is 2.29 bits per heavy atom. The predicted octanol–water partition coefficient (Wildman–Crippen LogP) is 2.62. The first-order valence-electron chi connectivity index (χ1n) is 6.69. The van der Waals surface area contributed by atoms with Crippen molar-refractivity contribution in [2.45, 2.75) is 25.1 Å². The lowest BCUT2D eigenvalue weighted by atomic mass is 10.0. The molecule has 1 aliphatic rings. The summed E-state index contributed by atoms with van der Waals surface area (Å²) in [5.41, 5.74) is -0.977. The third kappa shape index (κ3) is 4.07. The molecule has 6 heteroatoms. The Morgan fingerprint density at radius 1 is 1.19 bits per heavy atom. The number of allylic oxidation sites excluding steroid dienone is 1. The fraction of sp³-hybridized carbons (Fsp3) is 0.400. The highest BCUT2D eigenvalue weighted by Gasteiger charge is 2.36. The van der Waals surface area contributed by atoms with Crippen LogP contribution in [0.2, 0.25) is 0 Å². The van der Waals surface area contributed by atoms with E-state index in [2.05, 4.69) is 0 Å². The Bertz CT molecular complexity index is 517. The van der Waals surface area contributed by atoms with Crippen molar-refractivity contribution in [2.75, 3.05) is 13.1 Å². The van der Waals surface area contributed by atoms with E-state index < -0.39 is 23.8 Å². The highest BCUT2D eigenvalue weighted by molar-refractivity contribution is 5.96. The largest absolute Gasteiger partial charge is 0.417 e. The first-order chi connectivity index (χ1) is 9.88. The van der Waals surface area contributed by atoms with Crippen molar-refractivity contribution in [2.24, 2.45) is 0 Å². The molecular weight excluding hydrogens is 283 g/mol. The molecule has 1 saturated heterocycles. The second-order valence-corrected chi connectivity index (χ2v) is 4.98. The van der Waals surface area contributed by atoms with Crippen molar-refractivity contribution < 1.29 is 23.1 Å². The van der Waals surface area contributed by atoms with Crippen LogP contribution in [-0.2, 0) is 4.79 Å². The molecule has 1 aromatic rings. The topological polar surface area (TPSA) is 40.5 Å². The van der Waals surface area contributed by atoms with Crippen LogP contribution < -0.4 is 0 Å². The van der Waals surface area contributed by atoms with Crippen molar-refractivity contribution in [3.63, 3.8) is 0 Å². The highest BCUT2D eigenvalue weighted by atomic mass is 19.4. The summed E-state index contributed by atoms with van der Waals surface area (Å²) in [6, 6.07) is 7.26. The van der Waals surface area contributed by atoms with E-state index in [1.165, 1.54) is 29.2 Å². The van der Waals surface area contributed by atoms with Crippen molar-refractivity contribution in [3.05, 3.63) is 42.0 Å². The Balaban J connectivity index is 2.23. The SMILES string of the molecule is O=C(C=C(c1ccccc1)C(F)(F)F)N1CCC(O)CC1. The van der Waals surface area contributed by atoms with Crippen molar-refractivity contribution in [1.82, 2.24) is 4.90 Å². The monoisotopic (exact) mass is 299 g/mol. The number of benzene rings is 1. The zero-order valence-electron chi connectivity index (χ0n) is 11.3. The summed E-state index contributed by atoms with van der Waals surface area (Å²) in [6.45, 7) is 0.548. The molecule has 1 N–H and O–H groups in total. The van der Waals surface area contributed by atoms with E-state index in [1.807, 2.05) is 0 Å². The molecule has 1 heterocycles. The Morgan fingerprint density at radius 2 is 1.76 bits per heavy atom. The summed E-state index contributed by atoms with van der Waals surface area (Å²) in [7, 11) is 0. The zero-order valence-corrected chi connectivity index (χ0v) is 11.3. The van der Waals surface area contributed by atoms with Crippen LogP contribution in [0.1, 0.15) is 18.4 Å². The number of carbonyl (C=O) groups is 1. The minimum Gasteiger partial charge on any atom is -0.393 e. The molecule has 0 aromatic heterocycles. The lowest BCUT2D eigenvalue weighted by Crippen LogP contribution is -2.39. The third-order valence-corrected chi connectivity index (χ3v) is 3.43. The molecule has 0 atom stereocenters. The van der Waals surface area contributed by atoms with Gasteiger partial charge < -0.3 is 10.0 Å². The first-order valence-corrected chi connectivity index (χ1v) is 6.69. The van der Waals surface area contributed by atoms with Crippen LogP contribution in [-0.4, -0.2) is 41.3 Å². The van der Waals surface area contributed by atoms with Gasteiger partial charge in [0, 0.05) is 19.2 Å². The molecule has 1 fully saturated rings. The maximum Gasteiger partial charge on any atom is 0.417 e. The zero-order chi connectivity index (χ0) is 15.5. The molecule has 1 aliphatic heterocycles. The molecule has 1 aromatic carbocycles. The number of nitrogens with zero attached hydrogens (tertiary/aromatic N) is 1. The molecular formula is C15H16F3NO2. The van der Waals surface area contributed by atoms with Crippen LogP contribution in [0.15, 0.2) is 36.4 Å². The molecule has 0 radical (unpaired) electrons. The van der Waals surface area contributed by atoms with Crippen LogP contribution in [0.3, 0.4) is 0 Å². The lowest BCUT2D eigenvalue weighted by molar-refractivity contribution is -0.128. The van der Waals surface area contributed by atoms with Gasteiger partial charge >= 0.3 is 6.18 Å². The average molecular weight is 299 g/mol. The summed E-state index contributed by atoms with van der Waals surface area (Å²) in [6.07, 6.45) is -3.63. The Kier molecular flexibility index (Phi) is 4.67. The third-order valence-electron chi connectivity index (χ3n) is 3.43. The number of amides is 1. The fourth-order valence-corrected chi connectivity index (χ4v) is 2.25. The van der Waals surface area contributed by atoms with E-state index in [0.29, 0.717) is 18.9 Å². The summed E-state index contributed by atoms with van der Waals surface area (Å²) in [5.74, 6) is -0.668. The van der Waals surface area contributed by atoms with Gasteiger partial charge in [-0.2, -0.15) is 13.2 Å². The minimum absolute atomic E-state index is 0.0320. The maximum atomic E-state index is 13.1. The smallest absolute Gasteiger partial charge is 0.393 e. The molecule has 114 valence electrons. The number of piperidine rings is 1. The molecule has 1 amide bonds. The van der Waals surface area contributed by atoms with E-state index in [4.69, 9.17) is 0 Å². The van der Waals surface area contributed by atoms with Gasteiger partial charge in [-0.25, -0.2) is 0 Å². The van der Waals surface area contributed by atoms with Crippen molar-refractivity contribution in [3.8, 4) is 0 Å². The Labute approximate surface area is 120 Å². The second kappa shape index (κ2) is 6.30. The van der Waals surface area contributed by atoms with Crippen LogP contribution >= 0.6 is 0 Å². The van der Waals surface area contributed by atoms with E-state index in [-0.39, 0.29) is 18.7 Å². The van der Waals surface area contributed by atoms with Gasteiger partial charge in [-0.3, -0.25) is 4.79 Å². The number of aliphatic hydroxyl groups is 1. The number of hydrogen-bond donors (Lipinski definition) is 1. The standard InChI is InChI=1S/C15H16F3NO2/c16-15(17,18)13(11-4-2-1-3-5-11)10-14(21)19-8-6-12(20)7-9-19/h1-5,10,12,20H,6-9H2. The molecule has 21 heavy (non-hydrogen) atoms. The van der Waals surface area contributed by atoms with Crippen LogP contribution in [0.5, 0.6) is 0 Å². The van der Waals surface area contributed by atoms with Crippen LogP contribution in [0.25, 0.3) is 5.57 Å². The van der Waals surface area contributed by atoms with Gasteiger partial charge in [0.1, 0.15) is 0 Å². The highest BCUT2D eigenvalue weighted by Crippen LogP contribution is 2.33. The number of rotatable bonds is 2. The van der Waals surface area contributed by atoms with E-state index in [1.54, 1.807) is 6.07 Å². The average Bonchev–Trinajstić information content (AvgIpc) is 2.45. The summed E-state index contributed by atoms with van der Waals surface area (Å²) < 4.78 is 39.3. The Hall–Kier alpha value is -1.82. The quantitative estimate of drug-likeness (QED) is 0.853. The van der Waals surface area contributed by atoms with Crippen molar-refractivity contribution in [1.29, 1.82) is 0 Å². The minimum atomic E-state index is -4.59. The lowest BCUT2D eigenvalue weighted by Gasteiger charge is -2.29. The summed E-state index contributed by atoms with van der Waals surface area (Å²) in [5, 5.41) is 9.36. The number of hydrogen-bond acceptors (Lipinski definition) is 2. The van der Waals surface area contributed by atoms with Gasteiger partial charge in [-0.05, 0) is 18.4 Å². The summed E-state index contributed by atoms with van der Waals surface area (Å²) in [4.78, 5) is 13.3. The van der Waals surface area contributed by atoms with Gasteiger partial charge in [0.15, 0.2) is 0 Å². The first kappa shape index (κ1) is 15.6. The molecule has 0 aliphatic carbocycles. The van der Waals surface area contributed by atoms with Crippen LogP contribution in [0.4, 0.5) is 13.2 Å². The molecule has 2 rings (SSSR count). The molecule has 3 nitrogen and oxygen atoms in total. The molecule has 0 bridgehead atoms. The van der Waals surface area contributed by atoms with Crippen molar-refractivity contribution >= 4 is 11.5 Å². The normalized spacial score (nSPS) is 17.9. The van der Waals surface area contributed by atoms with Gasteiger partial charge in [-0.1, -0.05) is 30.3 Å². The van der Waals surface area contributed by atoms with Gasteiger partial charge in [0.2, 0.25) is 5.91 Å². The number of carbonyl (C=O) groups excluding carboxylic acids is 1. The van der Waals surface area contributed by atoms with Crippen LogP contribution in [0, 0.1) is 0 Å². The fourth-order valence-electron chi connectivity index (χ4n) is 2.25. The predicted molar refractivity (Wildman–Crippen MR) is 72.3 cm³/mol. The molecule has 0 unspecified atom stereocenters. The number of likely N-dealkylation sites (tertiary alicyclic amines) is 1. The van der Waals surface area contributed by atoms with Gasteiger partial charge in [0.05, 0.1) is 11.7 Å². The van der Waals surface area contributed by atoms with E-state index >= 15 is 0 Å². The molecule has 0 spiro atoms. The number of halogens is 3. The number of alkyl halides is 3. The number of aliphatic hydroxyl groups excluding tert-OH is 1. The molecule has 0 saturated carbocycles. The maximum absolute atomic E-state index is 13.1. The van der Waals surface area contributed by atoms with Gasteiger partial charge in [-0.15, -0.1) is 0 Å². The van der Waals surface area contributed by atoms with E-state index in [9.17, 15) is 23.1 Å². The van der Waals surface area contributed by atoms with Gasteiger partial charge in [0.25, 0.3) is 0 Å². The van der Waals surface area contributed by atoms with E-state index in [0.717, 1.165) is 0 Å². The second-order valence-electron chi connectivity index (χ2n) is 4.98. The summed E-state index contributed by atoms with van der Waals surface area (Å²) >= 11 is 0.